The second kappa shape index (κ2) is 8.82. The van der Waals surface area contributed by atoms with Gasteiger partial charge in [-0.1, -0.05) is 29.8 Å². The molecule has 6 nitrogen and oxygen atoms in total. The number of ether oxygens (including phenoxy) is 2. The molecule has 2 N–H and O–H groups in total. The maximum Gasteiger partial charge on any atom is 0.342 e. The van der Waals surface area contributed by atoms with Crippen molar-refractivity contribution in [1.29, 1.82) is 0 Å². The molecule has 0 radical (unpaired) electrons. The minimum absolute atomic E-state index is 0.0551. The van der Waals surface area contributed by atoms with Gasteiger partial charge in [0.05, 0.1) is 7.11 Å². The van der Waals surface area contributed by atoms with Crippen LogP contribution in [-0.4, -0.2) is 24.1 Å². The fraction of sp³-hybridized carbons (Fsp3) is 0.304. The molecule has 0 saturated heterocycles. The highest BCUT2D eigenvalue weighted by atomic mass is 16.5. The minimum atomic E-state index is -0.511. The molecule has 0 fully saturated rings. The lowest BCUT2D eigenvalue weighted by Gasteiger charge is -2.15. The maximum absolute atomic E-state index is 12.1. The highest BCUT2D eigenvalue weighted by Crippen LogP contribution is 2.42. The van der Waals surface area contributed by atoms with Gasteiger partial charge in [0.15, 0.2) is 0 Å². The van der Waals surface area contributed by atoms with Crippen LogP contribution < -0.4 is 10.1 Å². The zero-order valence-corrected chi connectivity index (χ0v) is 16.9. The van der Waals surface area contributed by atoms with Gasteiger partial charge in [0.25, 0.3) is 0 Å². The summed E-state index contributed by atoms with van der Waals surface area (Å²) in [5, 5.41) is 13.5. The number of anilines is 1. The van der Waals surface area contributed by atoms with Crippen LogP contribution in [0.15, 0.2) is 42.0 Å². The number of methoxy groups -OCH3 is 1. The van der Waals surface area contributed by atoms with Gasteiger partial charge in [-0.2, -0.15) is 0 Å². The first kappa shape index (κ1) is 20.5. The summed E-state index contributed by atoms with van der Waals surface area (Å²) < 4.78 is 10.6. The number of hydrogen-bond donors (Lipinski definition) is 2. The highest BCUT2D eigenvalue weighted by molar-refractivity contribution is 5.98. The van der Waals surface area contributed by atoms with Gasteiger partial charge < -0.3 is 19.9 Å². The van der Waals surface area contributed by atoms with Gasteiger partial charge >= 0.3 is 5.97 Å². The topological polar surface area (TPSA) is 84.9 Å². The van der Waals surface area contributed by atoms with Crippen molar-refractivity contribution in [1.82, 2.24) is 0 Å². The lowest BCUT2D eigenvalue weighted by Crippen LogP contribution is -2.11. The lowest BCUT2D eigenvalue weighted by atomic mass is 9.94. The number of nitrogens with one attached hydrogen (secondary N) is 1. The number of carbonyl (C=O) groups is 2. The van der Waals surface area contributed by atoms with Gasteiger partial charge in [-0.15, -0.1) is 0 Å². The molecule has 29 heavy (non-hydrogen) atoms. The van der Waals surface area contributed by atoms with E-state index in [9.17, 15) is 14.7 Å². The molecule has 0 aromatic heterocycles. The molecule has 0 aliphatic carbocycles. The predicted octanol–water partition coefficient (Wildman–Crippen LogP) is 4.29. The molecule has 0 bridgehead atoms. The second-order valence-electron chi connectivity index (χ2n) is 7.08. The number of phenols is 1. The Balaban J connectivity index is 1.69. The SMILES string of the molecule is COc1c(C)c2c(c(O)c1C/C=C(\C)CCC(=O)Nc1ccccc1)C(=O)OC2. The molecule has 0 unspecified atom stereocenters. The van der Waals surface area contributed by atoms with E-state index in [-0.39, 0.29) is 23.8 Å². The third-order valence-electron chi connectivity index (χ3n) is 5.11. The van der Waals surface area contributed by atoms with Crippen molar-refractivity contribution in [3.63, 3.8) is 0 Å². The predicted molar refractivity (Wildman–Crippen MR) is 110 cm³/mol. The Labute approximate surface area is 170 Å². The van der Waals surface area contributed by atoms with Crippen LogP contribution in [0.4, 0.5) is 5.69 Å². The maximum atomic E-state index is 12.1. The van der Waals surface area contributed by atoms with Gasteiger partial charge in [-0.25, -0.2) is 4.79 Å². The highest BCUT2D eigenvalue weighted by Gasteiger charge is 2.31. The van der Waals surface area contributed by atoms with Crippen molar-refractivity contribution in [2.24, 2.45) is 0 Å². The molecular formula is C23H25NO5. The van der Waals surface area contributed by atoms with Crippen LogP contribution in [0, 0.1) is 6.92 Å². The van der Waals surface area contributed by atoms with Crippen molar-refractivity contribution in [2.45, 2.75) is 39.7 Å². The molecule has 2 aromatic rings. The first-order valence-corrected chi connectivity index (χ1v) is 9.51. The zero-order valence-electron chi connectivity index (χ0n) is 16.9. The standard InChI is InChI=1S/C23H25NO5/c1-14(10-12-19(25)24-16-7-5-4-6-8-16)9-11-17-21(26)20-18(13-29-23(20)27)15(2)22(17)28-3/h4-9,26H,10-13H2,1-3H3,(H,24,25)/b14-9+. The molecule has 1 heterocycles. The van der Waals surface area contributed by atoms with E-state index in [2.05, 4.69) is 5.32 Å². The van der Waals surface area contributed by atoms with Crippen LogP contribution in [0.3, 0.4) is 0 Å². The number of cyclic esters (lactones) is 1. The molecule has 1 aliphatic rings. The fourth-order valence-electron chi connectivity index (χ4n) is 3.46. The van der Waals surface area contributed by atoms with Gasteiger partial charge in [-0.05, 0) is 44.4 Å². The number of allylic oxidation sites excluding steroid dienone is 2. The quantitative estimate of drug-likeness (QED) is 0.540. The number of benzene rings is 2. The van der Waals surface area contributed by atoms with Crippen LogP contribution >= 0.6 is 0 Å². The summed E-state index contributed by atoms with van der Waals surface area (Å²) in [4.78, 5) is 24.1. The molecule has 1 aliphatic heterocycles. The Morgan fingerprint density at radius 2 is 2.00 bits per heavy atom. The Bertz CT molecular complexity index is 963. The number of amides is 1. The largest absolute Gasteiger partial charge is 0.507 e. The first-order chi connectivity index (χ1) is 13.9. The third-order valence-corrected chi connectivity index (χ3v) is 5.11. The average molecular weight is 395 g/mol. The molecule has 0 atom stereocenters. The first-order valence-electron chi connectivity index (χ1n) is 9.51. The van der Waals surface area contributed by atoms with Crippen LogP contribution in [0.25, 0.3) is 0 Å². The zero-order chi connectivity index (χ0) is 21.0. The average Bonchev–Trinajstić information content (AvgIpc) is 3.11. The van der Waals surface area contributed by atoms with E-state index < -0.39 is 5.97 Å². The third kappa shape index (κ3) is 4.42. The van der Waals surface area contributed by atoms with Crippen LogP contribution in [0.1, 0.15) is 46.8 Å². The van der Waals surface area contributed by atoms with E-state index in [0.29, 0.717) is 36.1 Å². The Morgan fingerprint density at radius 3 is 2.69 bits per heavy atom. The molecular weight excluding hydrogens is 370 g/mol. The van der Waals surface area contributed by atoms with Crippen LogP contribution in [-0.2, 0) is 22.6 Å². The van der Waals surface area contributed by atoms with E-state index in [1.807, 2.05) is 50.3 Å². The molecule has 0 saturated carbocycles. The van der Waals surface area contributed by atoms with Gasteiger partial charge in [0, 0.05) is 23.2 Å². The van der Waals surface area contributed by atoms with E-state index in [4.69, 9.17) is 9.47 Å². The summed E-state index contributed by atoms with van der Waals surface area (Å²) in [6.07, 6.45) is 3.28. The summed E-state index contributed by atoms with van der Waals surface area (Å²) in [5.41, 5.74) is 4.03. The smallest absolute Gasteiger partial charge is 0.342 e. The van der Waals surface area contributed by atoms with Crippen molar-refractivity contribution in [2.75, 3.05) is 12.4 Å². The monoisotopic (exact) mass is 395 g/mol. The van der Waals surface area contributed by atoms with E-state index in [0.717, 1.165) is 16.8 Å². The molecule has 3 rings (SSSR count). The number of phenolic OH excluding ortho intramolecular Hbond substituents is 1. The summed E-state index contributed by atoms with van der Waals surface area (Å²) in [7, 11) is 1.54. The molecule has 1 amide bonds. The Kier molecular flexibility index (Phi) is 6.22. The van der Waals surface area contributed by atoms with Crippen molar-refractivity contribution >= 4 is 17.6 Å². The number of carbonyl (C=O) groups excluding carboxylic acids is 2. The van der Waals surface area contributed by atoms with Gasteiger partial charge in [0.2, 0.25) is 5.91 Å². The Hall–Kier alpha value is -3.28. The number of para-hydroxylation sites is 1. The van der Waals surface area contributed by atoms with Crippen molar-refractivity contribution in [3.05, 3.63) is 64.2 Å². The lowest BCUT2D eigenvalue weighted by molar-refractivity contribution is -0.116. The second-order valence-corrected chi connectivity index (χ2v) is 7.08. The molecule has 0 spiro atoms. The number of esters is 1. The van der Waals surface area contributed by atoms with Gasteiger partial charge in [-0.3, -0.25) is 4.79 Å². The van der Waals surface area contributed by atoms with Crippen molar-refractivity contribution in [3.8, 4) is 11.5 Å². The van der Waals surface area contributed by atoms with Crippen LogP contribution in [0.2, 0.25) is 0 Å². The van der Waals surface area contributed by atoms with E-state index in [1.165, 1.54) is 0 Å². The normalized spacial score (nSPS) is 13.1. The molecule has 6 heteroatoms. The summed E-state index contributed by atoms with van der Waals surface area (Å²) in [6, 6.07) is 9.32. The van der Waals surface area contributed by atoms with Crippen molar-refractivity contribution < 1.29 is 24.2 Å². The number of fused-ring (bicyclic) bond motifs is 1. The molecule has 2 aromatic carbocycles. The number of aromatic hydroxyl groups is 1. The van der Waals surface area contributed by atoms with Gasteiger partial charge in [0.1, 0.15) is 23.7 Å². The van der Waals surface area contributed by atoms with Crippen LogP contribution in [0.5, 0.6) is 11.5 Å². The fourth-order valence-corrected chi connectivity index (χ4v) is 3.46. The summed E-state index contributed by atoms with van der Waals surface area (Å²) in [5.74, 6) is -0.0930. The van der Waals surface area contributed by atoms with E-state index in [1.54, 1.807) is 7.11 Å². The summed E-state index contributed by atoms with van der Waals surface area (Å²) >= 11 is 0. The summed E-state index contributed by atoms with van der Waals surface area (Å²) in [6.45, 7) is 3.94. The number of rotatable bonds is 7. The van der Waals surface area contributed by atoms with E-state index >= 15 is 0 Å². The Morgan fingerprint density at radius 1 is 1.28 bits per heavy atom. The number of hydrogen-bond acceptors (Lipinski definition) is 5. The minimum Gasteiger partial charge on any atom is -0.507 e. The molecule has 152 valence electrons.